The Balaban J connectivity index is 1.68. The van der Waals surface area contributed by atoms with Crippen LogP contribution in [-0.4, -0.2) is 37.9 Å². The number of ketones is 1. The Labute approximate surface area is 143 Å². The minimum atomic E-state index is 0.142. The van der Waals surface area contributed by atoms with E-state index < -0.39 is 0 Å². The molecule has 3 nitrogen and oxygen atoms in total. The van der Waals surface area contributed by atoms with E-state index in [1.165, 1.54) is 0 Å². The molecule has 1 aliphatic rings. The van der Waals surface area contributed by atoms with E-state index in [9.17, 15) is 4.79 Å². The maximum absolute atomic E-state index is 12.5. The van der Waals surface area contributed by atoms with Crippen LogP contribution in [0.4, 0.5) is 0 Å². The van der Waals surface area contributed by atoms with Gasteiger partial charge in [-0.25, -0.2) is 0 Å². The molecule has 0 heterocycles. The number of carbonyl (C=O) groups excluding carboxylic acids is 1. The van der Waals surface area contributed by atoms with Crippen LogP contribution >= 0.6 is 0 Å². The van der Waals surface area contributed by atoms with Crippen molar-refractivity contribution in [3.63, 3.8) is 0 Å². The zero-order valence-electron chi connectivity index (χ0n) is 14.3. The predicted octanol–water partition coefficient (Wildman–Crippen LogP) is 3.84. The summed E-state index contributed by atoms with van der Waals surface area (Å²) in [5.74, 6) is 0.994. The highest BCUT2D eigenvalue weighted by molar-refractivity contribution is 6.15. The fourth-order valence-corrected chi connectivity index (χ4v) is 2.94. The molecule has 0 amide bonds. The molecule has 0 bridgehead atoms. The van der Waals surface area contributed by atoms with E-state index in [0.29, 0.717) is 13.0 Å². The van der Waals surface area contributed by atoms with Crippen molar-refractivity contribution in [2.45, 2.75) is 12.8 Å². The first kappa shape index (κ1) is 16.5. The number of hydrogen-bond acceptors (Lipinski definition) is 3. The summed E-state index contributed by atoms with van der Waals surface area (Å²) in [6.07, 6.45) is 3.68. The molecule has 0 atom stereocenters. The zero-order chi connectivity index (χ0) is 16.9. The first-order chi connectivity index (χ1) is 11.6. The van der Waals surface area contributed by atoms with Gasteiger partial charge in [0.15, 0.2) is 5.78 Å². The fraction of sp³-hybridized carbons (Fsp3) is 0.286. The van der Waals surface area contributed by atoms with Crippen molar-refractivity contribution in [3.8, 4) is 5.75 Å². The predicted molar refractivity (Wildman–Crippen MR) is 97.6 cm³/mol. The lowest BCUT2D eigenvalue weighted by Gasteiger charge is -2.10. The highest BCUT2D eigenvalue weighted by atomic mass is 16.5. The van der Waals surface area contributed by atoms with E-state index in [0.717, 1.165) is 41.0 Å². The maximum Gasteiger partial charge on any atom is 0.189 e. The van der Waals surface area contributed by atoms with E-state index in [1.54, 1.807) is 0 Å². The molecule has 0 unspecified atom stereocenters. The summed E-state index contributed by atoms with van der Waals surface area (Å²) in [5.41, 5.74) is 3.81. The molecule has 3 rings (SSSR count). The quantitative estimate of drug-likeness (QED) is 0.598. The number of allylic oxidation sites excluding steroid dienone is 1. The summed E-state index contributed by atoms with van der Waals surface area (Å²) in [6.45, 7) is 1.71. The normalized spacial score (nSPS) is 15.1. The molecule has 24 heavy (non-hydrogen) atoms. The summed E-state index contributed by atoms with van der Waals surface area (Å²) in [6, 6.07) is 15.8. The number of nitrogens with zero attached hydrogens (tertiary/aromatic N) is 1. The molecule has 0 N–H and O–H groups in total. The number of benzene rings is 2. The van der Waals surface area contributed by atoms with Gasteiger partial charge in [-0.15, -0.1) is 0 Å². The Morgan fingerprint density at radius 1 is 1.12 bits per heavy atom. The Morgan fingerprint density at radius 2 is 1.96 bits per heavy atom. The Morgan fingerprint density at radius 3 is 2.75 bits per heavy atom. The molecule has 124 valence electrons. The molecule has 0 fully saturated rings. The molecule has 0 radical (unpaired) electrons. The molecule has 0 aliphatic heterocycles. The van der Waals surface area contributed by atoms with Gasteiger partial charge in [0.05, 0.1) is 6.61 Å². The first-order valence-electron chi connectivity index (χ1n) is 8.34. The van der Waals surface area contributed by atoms with Gasteiger partial charge in [-0.3, -0.25) is 4.79 Å². The third-order valence-electron chi connectivity index (χ3n) is 4.15. The van der Waals surface area contributed by atoms with Crippen molar-refractivity contribution in [2.24, 2.45) is 0 Å². The maximum atomic E-state index is 12.5. The van der Waals surface area contributed by atoms with Crippen LogP contribution < -0.4 is 4.74 Å². The lowest BCUT2D eigenvalue weighted by Crippen LogP contribution is -2.15. The third kappa shape index (κ3) is 3.92. The van der Waals surface area contributed by atoms with E-state index >= 15 is 0 Å². The summed E-state index contributed by atoms with van der Waals surface area (Å²) >= 11 is 0. The van der Waals surface area contributed by atoms with Crippen LogP contribution in [0.5, 0.6) is 5.75 Å². The highest BCUT2D eigenvalue weighted by Gasteiger charge is 2.23. The summed E-state index contributed by atoms with van der Waals surface area (Å²) < 4.78 is 5.81. The second-order valence-corrected chi connectivity index (χ2v) is 6.41. The second-order valence-electron chi connectivity index (χ2n) is 6.41. The van der Waals surface area contributed by atoms with Crippen LogP contribution in [0.1, 0.15) is 27.9 Å². The topological polar surface area (TPSA) is 29.5 Å². The fourth-order valence-electron chi connectivity index (χ4n) is 2.94. The van der Waals surface area contributed by atoms with Gasteiger partial charge in [-0.05, 0) is 49.9 Å². The van der Waals surface area contributed by atoms with Gasteiger partial charge in [0.2, 0.25) is 0 Å². The van der Waals surface area contributed by atoms with Crippen LogP contribution in [0.15, 0.2) is 54.1 Å². The average Bonchev–Trinajstić information content (AvgIpc) is 2.88. The number of Topliss-reactive ketones (excluding diaryl/α,β-unsaturated/α-hetero) is 1. The summed E-state index contributed by atoms with van der Waals surface area (Å²) in [4.78, 5) is 14.6. The van der Waals surface area contributed by atoms with Crippen molar-refractivity contribution in [3.05, 3.63) is 70.8 Å². The lowest BCUT2D eigenvalue weighted by atomic mass is 10.1. The van der Waals surface area contributed by atoms with Gasteiger partial charge in [-0.1, -0.05) is 36.4 Å². The van der Waals surface area contributed by atoms with Crippen molar-refractivity contribution in [1.29, 1.82) is 0 Å². The number of carbonyl (C=O) groups is 1. The van der Waals surface area contributed by atoms with Crippen LogP contribution in [0.25, 0.3) is 6.08 Å². The van der Waals surface area contributed by atoms with Crippen molar-refractivity contribution >= 4 is 11.9 Å². The molecular weight excluding hydrogens is 298 g/mol. The minimum Gasteiger partial charge on any atom is -0.494 e. The first-order valence-corrected chi connectivity index (χ1v) is 8.34. The van der Waals surface area contributed by atoms with E-state index in [-0.39, 0.29) is 5.78 Å². The molecule has 0 aromatic heterocycles. The number of rotatable bonds is 6. The molecule has 3 heteroatoms. The van der Waals surface area contributed by atoms with Gasteiger partial charge < -0.3 is 9.64 Å². The van der Waals surface area contributed by atoms with Crippen molar-refractivity contribution in [2.75, 3.05) is 27.2 Å². The minimum absolute atomic E-state index is 0.142. The molecule has 2 aromatic rings. The van der Waals surface area contributed by atoms with Crippen LogP contribution in [-0.2, 0) is 6.42 Å². The lowest BCUT2D eigenvalue weighted by molar-refractivity contribution is 0.104. The summed E-state index contributed by atoms with van der Waals surface area (Å²) in [7, 11) is 4.12. The summed E-state index contributed by atoms with van der Waals surface area (Å²) in [5, 5.41) is 0. The van der Waals surface area contributed by atoms with Crippen LogP contribution in [0, 0.1) is 0 Å². The molecule has 0 saturated heterocycles. The molecule has 0 spiro atoms. The van der Waals surface area contributed by atoms with Gasteiger partial charge >= 0.3 is 0 Å². The van der Waals surface area contributed by atoms with Crippen LogP contribution in [0.2, 0.25) is 0 Å². The molecular formula is C21H23NO2. The van der Waals surface area contributed by atoms with Crippen LogP contribution in [0.3, 0.4) is 0 Å². The second kappa shape index (κ2) is 7.45. The molecule has 2 aromatic carbocycles. The van der Waals surface area contributed by atoms with E-state index in [2.05, 4.69) is 19.0 Å². The smallest absolute Gasteiger partial charge is 0.189 e. The number of ether oxygens (including phenoxy) is 1. The third-order valence-corrected chi connectivity index (χ3v) is 4.15. The largest absolute Gasteiger partial charge is 0.494 e. The Hall–Kier alpha value is -2.39. The number of hydrogen-bond donors (Lipinski definition) is 0. The van der Waals surface area contributed by atoms with E-state index in [4.69, 9.17) is 4.74 Å². The van der Waals surface area contributed by atoms with Gasteiger partial charge in [0, 0.05) is 24.1 Å². The molecule has 0 saturated carbocycles. The molecule has 1 aliphatic carbocycles. The Kier molecular flexibility index (Phi) is 5.11. The monoisotopic (exact) mass is 321 g/mol. The Bertz CT molecular complexity index is 762. The van der Waals surface area contributed by atoms with Gasteiger partial charge in [0.1, 0.15) is 5.75 Å². The average molecular weight is 321 g/mol. The highest BCUT2D eigenvalue weighted by Crippen LogP contribution is 2.28. The standard InChI is InChI=1S/C21H23NO2/c1-22(2)11-6-12-24-19-9-5-7-16(14-19)13-18-15-17-8-3-4-10-20(17)21(18)23/h3-5,7-10,13-14H,6,11-12,15H2,1-2H3/b18-13+. The van der Waals surface area contributed by atoms with Gasteiger partial charge in [-0.2, -0.15) is 0 Å². The zero-order valence-corrected chi connectivity index (χ0v) is 14.3. The van der Waals surface area contributed by atoms with Crippen molar-refractivity contribution in [1.82, 2.24) is 4.90 Å². The van der Waals surface area contributed by atoms with Crippen molar-refractivity contribution < 1.29 is 9.53 Å². The van der Waals surface area contributed by atoms with Gasteiger partial charge in [0.25, 0.3) is 0 Å². The number of fused-ring (bicyclic) bond motifs is 1. The van der Waals surface area contributed by atoms with E-state index in [1.807, 2.05) is 54.6 Å². The SMILES string of the molecule is CN(C)CCCOc1cccc(/C=C2\Cc3ccccc3C2=O)c1.